The van der Waals surface area contributed by atoms with E-state index in [2.05, 4.69) is 41.3 Å². The Bertz CT molecular complexity index is 499. The van der Waals surface area contributed by atoms with E-state index in [1.165, 1.54) is 4.90 Å². The van der Waals surface area contributed by atoms with Crippen LogP contribution in [0.3, 0.4) is 0 Å². The van der Waals surface area contributed by atoms with Crippen LogP contribution in [-0.4, -0.2) is 16.5 Å². The predicted octanol–water partition coefficient (Wildman–Crippen LogP) is 4.08. The first-order valence-electron chi connectivity index (χ1n) is 7.10. The number of pyridine rings is 2. The molecule has 0 aromatic carbocycles. The van der Waals surface area contributed by atoms with Gasteiger partial charge in [0, 0.05) is 34.4 Å². The smallest absolute Gasteiger partial charge is 0.0573 e. The molecule has 0 saturated heterocycles. The van der Waals surface area contributed by atoms with E-state index in [0.29, 0.717) is 6.04 Å². The molecule has 0 bridgehead atoms. The summed E-state index contributed by atoms with van der Waals surface area (Å²) in [5.41, 5.74) is 1.13. The number of hydrogen-bond acceptors (Lipinski definition) is 4. The topological polar surface area (TPSA) is 37.8 Å². The summed E-state index contributed by atoms with van der Waals surface area (Å²) < 4.78 is 0. The van der Waals surface area contributed by atoms with Crippen LogP contribution >= 0.6 is 11.8 Å². The zero-order chi connectivity index (χ0) is 14.2. The summed E-state index contributed by atoms with van der Waals surface area (Å²) >= 11 is 1.71. The van der Waals surface area contributed by atoms with Gasteiger partial charge in [0.2, 0.25) is 0 Å². The maximum atomic E-state index is 4.60. The van der Waals surface area contributed by atoms with Gasteiger partial charge in [-0.05, 0) is 43.7 Å². The second kappa shape index (κ2) is 8.02. The second-order valence-corrected chi connectivity index (χ2v) is 5.77. The third kappa shape index (κ3) is 4.32. The van der Waals surface area contributed by atoms with Gasteiger partial charge >= 0.3 is 0 Å². The maximum Gasteiger partial charge on any atom is 0.0573 e. The third-order valence-electron chi connectivity index (χ3n) is 3.05. The lowest BCUT2D eigenvalue weighted by molar-refractivity contribution is 0.507. The molecule has 0 spiro atoms. The molecule has 2 aromatic rings. The van der Waals surface area contributed by atoms with Gasteiger partial charge < -0.3 is 5.32 Å². The fourth-order valence-corrected chi connectivity index (χ4v) is 2.75. The Morgan fingerprint density at radius 1 is 1.10 bits per heavy atom. The number of hydrogen-bond donors (Lipinski definition) is 1. The highest BCUT2D eigenvalue weighted by atomic mass is 32.2. The van der Waals surface area contributed by atoms with E-state index in [4.69, 9.17) is 0 Å². The summed E-state index contributed by atoms with van der Waals surface area (Å²) in [4.78, 5) is 11.0. The Balaban J connectivity index is 2.02. The summed E-state index contributed by atoms with van der Waals surface area (Å²) in [6.07, 6.45) is 7.78. The van der Waals surface area contributed by atoms with Crippen LogP contribution in [0.5, 0.6) is 0 Å². The monoisotopic (exact) mass is 287 g/mol. The van der Waals surface area contributed by atoms with Crippen LogP contribution in [0, 0.1) is 0 Å². The molecule has 106 valence electrons. The van der Waals surface area contributed by atoms with Crippen molar-refractivity contribution < 1.29 is 0 Å². The Morgan fingerprint density at radius 3 is 2.50 bits per heavy atom. The van der Waals surface area contributed by atoms with Crippen LogP contribution in [0.2, 0.25) is 0 Å². The minimum Gasteiger partial charge on any atom is -0.309 e. The first-order valence-corrected chi connectivity index (χ1v) is 7.92. The lowest BCUT2D eigenvalue weighted by Gasteiger charge is -2.16. The van der Waals surface area contributed by atoms with Crippen molar-refractivity contribution in [3.05, 3.63) is 48.5 Å². The van der Waals surface area contributed by atoms with Crippen molar-refractivity contribution in [1.82, 2.24) is 15.3 Å². The molecule has 2 rings (SSSR count). The SMILES string of the molecule is CCCNC(CC)c1ccc(Sc2ccncc2)cn1. The average molecular weight is 287 g/mol. The van der Waals surface area contributed by atoms with Gasteiger partial charge in [0.1, 0.15) is 0 Å². The summed E-state index contributed by atoms with van der Waals surface area (Å²) in [6.45, 7) is 5.41. The molecule has 0 amide bonds. The molecular formula is C16H21N3S. The summed E-state index contributed by atoms with van der Waals surface area (Å²) in [6, 6.07) is 8.64. The summed E-state index contributed by atoms with van der Waals surface area (Å²) in [5.74, 6) is 0. The number of aromatic nitrogens is 2. The van der Waals surface area contributed by atoms with Crippen molar-refractivity contribution in [2.75, 3.05) is 6.54 Å². The van der Waals surface area contributed by atoms with E-state index < -0.39 is 0 Å². The van der Waals surface area contributed by atoms with E-state index in [0.717, 1.165) is 30.0 Å². The average Bonchev–Trinajstić information content (AvgIpc) is 2.50. The van der Waals surface area contributed by atoms with Crippen LogP contribution in [0.1, 0.15) is 38.4 Å². The van der Waals surface area contributed by atoms with Crippen molar-refractivity contribution in [3.8, 4) is 0 Å². The Hall–Kier alpha value is -1.39. The zero-order valence-corrected chi connectivity index (χ0v) is 12.9. The van der Waals surface area contributed by atoms with Gasteiger partial charge in [-0.15, -0.1) is 0 Å². The van der Waals surface area contributed by atoms with Gasteiger partial charge in [0.25, 0.3) is 0 Å². The molecule has 0 saturated carbocycles. The third-order valence-corrected chi connectivity index (χ3v) is 4.04. The van der Waals surface area contributed by atoms with Gasteiger partial charge in [-0.2, -0.15) is 0 Å². The Morgan fingerprint density at radius 2 is 1.90 bits per heavy atom. The molecule has 2 heterocycles. The van der Waals surface area contributed by atoms with Crippen LogP contribution in [0.15, 0.2) is 52.6 Å². The van der Waals surface area contributed by atoms with Crippen molar-refractivity contribution in [2.24, 2.45) is 0 Å². The molecule has 4 heteroatoms. The van der Waals surface area contributed by atoms with Crippen LogP contribution in [-0.2, 0) is 0 Å². The zero-order valence-electron chi connectivity index (χ0n) is 12.0. The molecule has 0 fully saturated rings. The van der Waals surface area contributed by atoms with Crippen LogP contribution in [0.4, 0.5) is 0 Å². The molecule has 0 aliphatic carbocycles. The second-order valence-electron chi connectivity index (χ2n) is 4.62. The highest BCUT2D eigenvalue weighted by molar-refractivity contribution is 7.99. The largest absolute Gasteiger partial charge is 0.309 e. The van der Waals surface area contributed by atoms with Gasteiger partial charge in [-0.3, -0.25) is 9.97 Å². The first kappa shape index (κ1) is 15.0. The van der Waals surface area contributed by atoms with E-state index in [-0.39, 0.29) is 0 Å². The Kier molecular flexibility index (Phi) is 6.02. The number of rotatable bonds is 7. The molecule has 0 aliphatic heterocycles. The minimum atomic E-state index is 0.356. The highest BCUT2D eigenvalue weighted by Crippen LogP contribution is 2.27. The molecule has 3 nitrogen and oxygen atoms in total. The van der Waals surface area contributed by atoms with Gasteiger partial charge in [0.05, 0.1) is 5.69 Å². The highest BCUT2D eigenvalue weighted by Gasteiger charge is 2.09. The van der Waals surface area contributed by atoms with E-state index in [1.54, 1.807) is 11.8 Å². The lowest BCUT2D eigenvalue weighted by Crippen LogP contribution is -2.22. The molecule has 0 radical (unpaired) electrons. The van der Waals surface area contributed by atoms with Crippen molar-refractivity contribution in [1.29, 1.82) is 0 Å². The molecule has 1 atom stereocenters. The molecule has 20 heavy (non-hydrogen) atoms. The minimum absolute atomic E-state index is 0.356. The van der Waals surface area contributed by atoms with E-state index in [9.17, 15) is 0 Å². The van der Waals surface area contributed by atoms with Gasteiger partial charge in [0.15, 0.2) is 0 Å². The normalized spacial score (nSPS) is 12.3. The molecule has 0 aliphatic rings. The van der Waals surface area contributed by atoms with Gasteiger partial charge in [-0.1, -0.05) is 25.6 Å². The summed E-state index contributed by atoms with van der Waals surface area (Å²) in [5, 5.41) is 3.53. The van der Waals surface area contributed by atoms with Crippen LogP contribution in [0.25, 0.3) is 0 Å². The van der Waals surface area contributed by atoms with E-state index >= 15 is 0 Å². The molecular weight excluding hydrogens is 266 g/mol. The molecule has 1 N–H and O–H groups in total. The van der Waals surface area contributed by atoms with Gasteiger partial charge in [-0.25, -0.2) is 0 Å². The number of nitrogens with zero attached hydrogens (tertiary/aromatic N) is 2. The quantitative estimate of drug-likeness (QED) is 0.832. The Labute approximate surface area is 125 Å². The number of nitrogens with one attached hydrogen (secondary N) is 1. The van der Waals surface area contributed by atoms with Crippen LogP contribution < -0.4 is 5.32 Å². The molecule has 2 aromatic heterocycles. The van der Waals surface area contributed by atoms with Crippen molar-refractivity contribution in [3.63, 3.8) is 0 Å². The fourth-order valence-electron chi connectivity index (χ4n) is 1.98. The maximum absolute atomic E-state index is 4.60. The molecule has 1 unspecified atom stereocenters. The standard InChI is InChI=1S/C16H21N3S/c1-3-9-18-15(4-2)16-6-5-14(12-19-16)20-13-7-10-17-11-8-13/h5-8,10-12,15,18H,3-4,9H2,1-2H3. The lowest BCUT2D eigenvalue weighted by atomic mass is 10.1. The van der Waals surface area contributed by atoms with E-state index in [1.807, 2.05) is 30.7 Å². The fraction of sp³-hybridized carbons (Fsp3) is 0.375. The van der Waals surface area contributed by atoms with Crippen molar-refractivity contribution in [2.45, 2.75) is 42.5 Å². The first-order chi connectivity index (χ1) is 9.83. The van der Waals surface area contributed by atoms with Crippen molar-refractivity contribution >= 4 is 11.8 Å². The summed E-state index contributed by atoms with van der Waals surface area (Å²) in [7, 11) is 0. The predicted molar refractivity (Wildman–Crippen MR) is 83.9 cm³/mol.